The lowest BCUT2D eigenvalue weighted by atomic mass is 10.1. The van der Waals surface area contributed by atoms with Crippen LogP contribution in [0, 0.1) is 0 Å². The number of hydrogen-bond acceptors (Lipinski definition) is 3. The van der Waals surface area contributed by atoms with Crippen molar-refractivity contribution < 1.29 is 14.3 Å². The Kier molecular flexibility index (Phi) is 3.08. The number of hydrogen-bond donors (Lipinski definition) is 2. The van der Waals surface area contributed by atoms with E-state index in [4.69, 9.17) is 15.3 Å². The molecule has 0 saturated heterocycles. The highest BCUT2D eigenvalue weighted by atomic mass is 16.4. The zero-order valence-electron chi connectivity index (χ0n) is 7.49. The van der Waals surface area contributed by atoms with Crippen LogP contribution in [-0.4, -0.2) is 11.1 Å². The lowest BCUT2D eigenvalue weighted by Gasteiger charge is -2.05. The van der Waals surface area contributed by atoms with Crippen LogP contribution in [0.15, 0.2) is 16.5 Å². The maximum absolute atomic E-state index is 10.5. The molecule has 4 nitrogen and oxygen atoms in total. The first-order valence-electron chi connectivity index (χ1n) is 4.23. The zero-order chi connectivity index (χ0) is 9.84. The van der Waals surface area contributed by atoms with Crippen molar-refractivity contribution in [1.29, 1.82) is 0 Å². The third kappa shape index (κ3) is 2.32. The third-order valence-electron chi connectivity index (χ3n) is 1.80. The molecule has 0 bridgehead atoms. The van der Waals surface area contributed by atoms with Gasteiger partial charge in [-0.2, -0.15) is 0 Å². The van der Waals surface area contributed by atoms with Crippen molar-refractivity contribution >= 4 is 5.97 Å². The van der Waals surface area contributed by atoms with Crippen LogP contribution in [0.3, 0.4) is 0 Å². The van der Waals surface area contributed by atoms with Crippen LogP contribution in [0.4, 0.5) is 0 Å². The number of furan rings is 1. The Morgan fingerprint density at radius 2 is 2.38 bits per heavy atom. The summed E-state index contributed by atoms with van der Waals surface area (Å²) in [5, 5.41) is 8.58. The molecule has 0 amide bonds. The molecule has 0 saturated carbocycles. The van der Waals surface area contributed by atoms with Crippen molar-refractivity contribution in [2.45, 2.75) is 25.8 Å². The van der Waals surface area contributed by atoms with Crippen molar-refractivity contribution in [2.75, 3.05) is 0 Å². The van der Waals surface area contributed by atoms with Gasteiger partial charge in [0.15, 0.2) is 0 Å². The van der Waals surface area contributed by atoms with E-state index in [1.165, 1.54) is 6.07 Å². The molecule has 0 aliphatic rings. The Bertz CT molecular complexity index is 293. The summed E-state index contributed by atoms with van der Waals surface area (Å²) in [5.74, 6) is -0.573. The summed E-state index contributed by atoms with van der Waals surface area (Å²) in [4.78, 5) is 10.5. The highest BCUT2D eigenvalue weighted by Gasteiger charge is 2.13. The van der Waals surface area contributed by atoms with Crippen LogP contribution in [0.2, 0.25) is 0 Å². The molecule has 13 heavy (non-hydrogen) atoms. The third-order valence-corrected chi connectivity index (χ3v) is 1.80. The van der Waals surface area contributed by atoms with Crippen LogP contribution < -0.4 is 5.73 Å². The number of rotatable bonds is 4. The molecule has 1 rings (SSSR count). The fourth-order valence-corrected chi connectivity index (χ4v) is 1.12. The Morgan fingerprint density at radius 1 is 1.69 bits per heavy atom. The van der Waals surface area contributed by atoms with Crippen molar-refractivity contribution in [2.24, 2.45) is 5.73 Å². The topological polar surface area (TPSA) is 76.5 Å². The van der Waals surface area contributed by atoms with Crippen LogP contribution in [-0.2, 0) is 0 Å². The van der Waals surface area contributed by atoms with E-state index in [2.05, 4.69) is 0 Å². The number of nitrogens with two attached hydrogens (primary N) is 1. The van der Waals surface area contributed by atoms with Crippen LogP contribution >= 0.6 is 0 Å². The van der Waals surface area contributed by atoms with Gasteiger partial charge >= 0.3 is 5.97 Å². The highest BCUT2D eigenvalue weighted by Crippen LogP contribution is 2.18. The second-order valence-electron chi connectivity index (χ2n) is 2.90. The normalized spacial score (nSPS) is 12.8. The molecule has 4 heteroatoms. The molecule has 1 aromatic heterocycles. The summed E-state index contributed by atoms with van der Waals surface area (Å²) in [6.45, 7) is 2.01. The molecule has 0 aliphatic carbocycles. The average Bonchev–Trinajstić information content (AvgIpc) is 2.52. The quantitative estimate of drug-likeness (QED) is 0.745. The SMILES string of the molecule is CCC[C@@H](N)c1ccc(C(=O)O)o1. The Hall–Kier alpha value is -1.29. The fourth-order valence-electron chi connectivity index (χ4n) is 1.12. The van der Waals surface area contributed by atoms with Crippen LogP contribution in [0.25, 0.3) is 0 Å². The zero-order valence-corrected chi connectivity index (χ0v) is 7.49. The molecular weight excluding hydrogens is 170 g/mol. The van der Waals surface area contributed by atoms with Crippen molar-refractivity contribution in [3.8, 4) is 0 Å². The van der Waals surface area contributed by atoms with E-state index in [1.807, 2.05) is 6.92 Å². The molecular formula is C9H13NO3. The second-order valence-corrected chi connectivity index (χ2v) is 2.90. The van der Waals surface area contributed by atoms with Gasteiger partial charge in [0.2, 0.25) is 5.76 Å². The minimum atomic E-state index is -1.06. The van der Waals surface area contributed by atoms with E-state index < -0.39 is 5.97 Å². The van der Waals surface area contributed by atoms with Gasteiger partial charge in [-0.05, 0) is 18.6 Å². The lowest BCUT2D eigenvalue weighted by Crippen LogP contribution is -2.08. The van der Waals surface area contributed by atoms with E-state index in [-0.39, 0.29) is 11.8 Å². The van der Waals surface area contributed by atoms with Gasteiger partial charge in [-0.3, -0.25) is 0 Å². The molecule has 0 fully saturated rings. The Balaban J connectivity index is 2.73. The average molecular weight is 183 g/mol. The maximum atomic E-state index is 10.5. The van der Waals surface area contributed by atoms with E-state index in [9.17, 15) is 4.79 Å². The Morgan fingerprint density at radius 3 is 2.85 bits per heavy atom. The predicted molar refractivity (Wildman–Crippen MR) is 47.5 cm³/mol. The first-order chi connectivity index (χ1) is 6.15. The number of carboxylic acids is 1. The summed E-state index contributed by atoms with van der Waals surface area (Å²) >= 11 is 0. The first kappa shape index (κ1) is 9.80. The molecule has 72 valence electrons. The minimum absolute atomic E-state index is 0.0541. The molecule has 0 aliphatic heterocycles. The summed E-state index contributed by atoms with van der Waals surface area (Å²) in [6.07, 6.45) is 1.75. The van der Waals surface area contributed by atoms with Gasteiger partial charge in [0.25, 0.3) is 0 Å². The van der Waals surface area contributed by atoms with Gasteiger partial charge in [0.1, 0.15) is 5.76 Å². The molecule has 0 spiro atoms. The molecule has 1 aromatic rings. The highest BCUT2D eigenvalue weighted by molar-refractivity contribution is 5.84. The summed E-state index contributed by atoms with van der Waals surface area (Å²) in [7, 11) is 0. The van der Waals surface area contributed by atoms with Crippen molar-refractivity contribution in [1.82, 2.24) is 0 Å². The molecule has 0 aromatic carbocycles. The van der Waals surface area contributed by atoms with Gasteiger partial charge in [0, 0.05) is 0 Å². The first-order valence-corrected chi connectivity index (χ1v) is 4.23. The molecule has 1 atom stereocenters. The summed E-state index contributed by atoms with van der Waals surface area (Å²) in [5.41, 5.74) is 5.73. The van der Waals surface area contributed by atoms with E-state index >= 15 is 0 Å². The summed E-state index contributed by atoms with van der Waals surface area (Å²) in [6, 6.07) is 2.84. The molecule has 0 radical (unpaired) electrons. The largest absolute Gasteiger partial charge is 0.475 e. The van der Waals surface area contributed by atoms with E-state index in [0.717, 1.165) is 12.8 Å². The molecule has 3 N–H and O–H groups in total. The van der Waals surface area contributed by atoms with Gasteiger partial charge < -0.3 is 15.3 Å². The predicted octanol–water partition coefficient (Wildman–Crippen LogP) is 1.78. The fraction of sp³-hybridized carbons (Fsp3) is 0.444. The van der Waals surface area contributed by atoms with Gasteiger partial charge in [-0.15, -0.1) is 0 Å². The minimum Gasteiger partial charge on any atom is -0.475 e. The van der Waals surface area contributed by atoms with Crippen molar-refractivity contribution in [3.63, 3.8) is 0 Å². The number of aromatic carboxylic acids is 1. The molecule has 1 heterocycles. The standard InChI is InChI=1S/C9H13NO3/c1-2-3-6(10)7-4-5-8(13-7)9(11)12/h4-6H,2-3,10H2,1H3,(H,11,12)/t6-/m1/s1. The van der Waals surface area contributed by atoms with Gasteiger partial charge in [-0.1, -0.05) is 13.3 Å². The number of carboxylic acid groups (broad SMARTS) is 1. The number of carbonyl (C=O) groups is 1. The van der Waals surface area contributed by atoms with E-state index in [1.54, 1.807) is 6.07 Å². The second kappa shape index (κ2) is 4.09. The van der Waals surface area contributed by atoms with Crippen molar-refractivity contribution in [3.05, 3.63) is 23.7 Å². The maximum Gasteiger partial charge on any atom is 0.371 e. The van der Waals surface area contributed by atoms with Crippen LogP contribution in [0.5, 0.6) is 0 Å². The van der Waals surface area contributed by atoms with Gasteiger partial charge in [-0.25, -0.2) is 4.79 Å². The lowest BCUT2D eigenvalue weighted by molar-refractivity contribution is 0.0659. The van der Waals surface area contributed by atoms with Gasteiger partial charge in [0.05, 0.1) is 6.04 Å². The van der Waals surface area contributed by atoms with Crippen LogP contribution in [0.1, 0.15) is 42.1 Å². The Labute approximate surface area is 76.3 Å². The smallest absolute Gasteiger partial charge is 0.371 e. The van der Waals surface area contributed by atoms with E-state index in [0.29, 0.717) is 5.76 Å². The molecule has 0 unspecified atom stereocenters. The monoisotopic (exact) mass is 183 g/mol. The summed E-state index contributed by atoms with van der Waals surface area (Å²) < 4.78 is 5.03.